The minimum absolute atomic E-state index is 0.721. The van der Waals surface area contributed by atoms with Gasteiger partial charge in [-0.15, -0.1) is 12.8 Å². The Morgan fingerprint density at radius 2 is 1.79 bits per heavy atom. The van der Waals surface area contributed by atoms with Gasteiger partial charge in [0.2, 0.25) is 0 Å². The van der Waals surface area contributed by atoms with E-state index >= 15 is 0 Å². The van der Waals surface area contributed by atoms with Crippen molar-refractivity contribution in [3.05, 3.63) is 0 Å². The van der Waals surface area contributed by atoms with Crippen LogP contribution in [0.25, 0.3) is 0 Å². The van der Waals surface area contributed by atoms with Crippen molar-refractivity contribution in [3.8, 4) is 12.8 Å². The number of likely N-dealkylation sites (N-methyl/N-ethyl adjacent to an activating group) is 1. The van der Waals surface area contributed by atoms with E-state index in [9.17, 15) is 0 Å². The standard InChI is InChI=1S/C9H18N2O.C2H2/c1-10-3-5-11(6-4-10)9-2-7-12-8-9;1-2/h9H,2-8H2,1H3;1-2H/t9-;/m0./s1. The Kier molecular flexibility index (Phi) is 4.95. The minimum Gasteiger partial charge on any atom is -0.380 e. The molecule has 0 aromatic heterocycles. The van der Waals surface area contributed by atoms with E-state index in [1.54, 1.807) is 0 Å². The summed E-state index contributed by atoms with van der Waals surface area (Å²) < 4.78 is 5.38. The maximum absolute atomic E-state index is 5.38. The first-order chi connectivity index (χ1) is 6.86. The van der Waals surface area contributed by atoms with Gasteiger partial charge in [-0.25, -0.2) is 0 Å². The van der Waals surface area contributed by atoms with Crippen molar-refractivity contribution in [1.82, 2.24) is 9.80 Å². The van der Waals surface area contributed by atoms with E-state index in [4.69, 9.17) is 4.74 Å². The van der Waals surface area contributed by atoms with Crippen LogP contribution in [0.2, 0.25) is 0 Å². The molecule has 0 radical (unpaired) electrons. The van der Waals surface area contributed by atoms with Crippen LogP contribution >= 0.6 is 0 Å². The summed E-state index contributed by atoms with van der Waals surface area (Å²) in [6.45, 7) is 6.82. The zero-order valence-corrected chi connectivity index (χ0v) is 8.98. The van der Waals surface area contributed by atoms with Gasteiger partial charge in [0, 0.05) is 38.8 Å². The molecule has 2 aliphatic heterocycles. The molecule has 2 rings (SSSR count). The second-order valence-corrected chi connectivity index (χ2v) is 3.86. The molecule has 0 bridgehead atoms. The molecule has 14 heavy (non-hydrogen) atoms. The molecule has 2 aliphatic rings. The van der Waals surface area contributed by atoms with Gasteiger partial charge in [-0.05, 0) is 13.5 Å². The lowest BCUT2D eigenvalue weighted by Gasteiger charge is -2.35. The topological polar surface area (TPSA) is 15.7 Å². The number of hydrogen-bond acceptors (Lipinski definition) is 3. The molecular weight excluding hydrogens is 176 g/mol. The molecule has 0 aromatic rings. The van der Waals surface area contributed by atoms with Crippen molar-refractivity contribution >= 4 is 0 Å². The first kappa shape index (κ1) is 11.5. The van der Waals surface area contributed by atoms with E-state index in [0.29, 0.717) is 0 Å². The van der Waals surface area contributed by atoms with Crippen LogP contribution in [0.5, 0.6) is 0 Å². The number of piperazine rings is 1. The van der Waals surface area contributed by atoms with Gasteiger partial charge in [-0.3, -0.25) is 4.90 Å². The molecule has 2 saturated heterocycles. The molecule has 0 saturated carbocycles. The van der Waals surface area contributed by atoms with E-state index in [-0.39, 0.29) is 0 Å². The molecule has 0 aliphatic carbocycles. The molecule has 2 fully saturated rings. The SMILES string of the molecule is C#C.CN1CCN([C@H]2CCOC2)CC1. The number of terminal acetylenes is 1. The van der Waals surface area contributed by atoms with Crippen molar-refractivity contribution in [1.29, 1.82) is 0 Å². The van der Waals surface area contributed by atoms with Crippen LogP contribution in [-0.4, -0.2) is 62.3 Å². The monoisotopic (exact) mass is 196 g/mol. The summed E-state index contributed by atoms with van der Waals surface area (Å²) in [6, 6.07) is 0.721. The van der Waals surface area contributed by atoms with Crippen LogP contribution in [0.3, 0.4) is 0 Å². The molecule has 2 heterocycles. The normalized spacial score (nSPS) is 29.5. The highest BCUT2D eigenvalue weighted by Gasteiger charge is 2.25. The first-order valence-electron chi connectivity index (χ1n) is 5.20. The van der Waals surface area contributed by atoms with E-state index in [1.165, 1.54) is 32.6 Å². The van der Waals surface area contributed by atoms with Crippen molar-refractivity contribution in [2.75, 3.05) is 46.4 Å². The molecule has 3 nitrogen and oxygen atoms in total. The van der Waals surface area contributed by atoms with Crippen molar-refractivity contribution in [3.63, 3.8) is 0 Å². The Hall–Kier alpha value is -0.560. The van der Waals surface area contributed by atoms with E-state index in [0.717, 1.165) is 19.3 Å². The van der Waals surface area contributed by atoms with Crippen LogP contribution in [-0.2, 0) is 4.74 Å². The third-order valence-electron chi connectivity index (χ3n) is 2.96. The summed E-state index contributed by atoms with van der Waals surface area (Å²) in [6.07, 6.45) is 9.24. The molecule has 0 spiro atoms. The second kappa shape index (κ2) is 6.02. The van der Waals surface area contributed by atoms with Crippen LogP contribution in [0.4, 0.5) is 0 Å². The van der Waals surface area contributed by atoms with Gasteiger partial charge < -0.3 is 9.64 Å². The largest absolute Gasteiger partial charge is 0.380 e. The van der Waals surface area contributed by atoms with Crippen LogP contribution in [0, 0.1) is 12.8 Å². The highest BCUT2D eigenvalue weighted by atomic mass is 16.5. The van der Waals surface area contributed by atoms with E-state index in [1.807, 2.05) is 0 Å². The van der Waals surface area contributed by atoms with Gasteiger partial charge in [0.25, 0.3) is 0 Å². The molecule has 0 aromatic carbocycles. The fraction of sp³-hybridized carbons (Fsp3) is 0.818. The molecule has 1 atom stereocenters. The minimum atomic E-state index is 0.721. The van der Waals surface area contributed by atoms with Gasteiger partial charge in [0.15, 0.2) is 0 Å². The highest BCUT2D eigenvalue weighted by Crippen LogP contribution is 2.13. The summed E-state index contributed by atoms with van der Waals surface area (Å²) in [5.74, 6) is 0. The lowest BCUT2D eigenvalue weighted by Crippen LogP contribution is -2.49. The summed E-state index contributed by atoms with van der Waals surface area (Å²) in [4.78, 5) is 4.97. The van der Waals surface area contributed by atoms with Crippen LogP contribution < -0.4 is 0 Å². The Labute approximate surface area is 87.0 Å². The average molecular weight is 196 g/mol. The highest BCUT2D eigenvalue weighted by molar-refractivity contribution is 4.79. The van der Waals surface area contributed by atoms with E-state index in [2.05, 4.69) is 29.7 Å². The van der Waals surface area contributed by atoms with Gasteiger partial charge in [-0.2, -0.15) is 0 Å². The number of ether oxygens (including phenoxy) is 1. The lowest BCUT2D eigenvalue weighted by molar-refractivity contribution is 0.0963. The number of rotatable bonds is 1. The smallest absolute Gasteiger partial charge is 0.0622 e. The molecule has 0 unspecified atom stereocenters. The number of nitrogens with zero attached hydrogens (tertiary/aromatic N) is 2. The van der Waals surface area contributed by atoms with Gasteiger partial charge in [0.05, 0.1) is 6.61 Å². The molecule has 0 N–H and O–H groups in total. The second-order valence-electron chi connectivity index (χ2n) is 3.86. The van der Waals surface area contributed by atoms with Crippen molar-refractivity contribution in [2.24, 2.45) is 0 Å². The number of hydrogen-bond donors (Lipinski definition) is 0. The quantitative estimate of drug-likeness (QED) is 0.560. The summed E-state index contributed by atoms with van der Waals surface area (Å²) >= 11 is 0. The maximum Gasteiger partial charge on any atom is 0.0622 e. The van der Waals surface area contributed by atoms with Gasteiger partial charge in [0.1, 0.15) is 0 Å². The van der Waals surface area contributed by atoms with Crippen molar-refractivity contribution in [2.45, 2.75) is 12.5 Å². The summed E-state index contributed by atoms with van der Waals surface area (Å²) in [5, 5.41) is 0. The Bertz CT molecular complexity index is 167. The van der Waals surface area contributed by atoms with E-state index < -0.39 is 0 Å². The Morgan fingerprint density at radius 1 is 1.14 bits per heavy atom. The first-order valence-corrected chi connectivity index (χ1v) is 5.20. The third kappa shape index (κ3) is 2.98. The third-order valence-corrected chi connectivity index (χ3v) is 2.96. The predicted octanol–water partition coefficient (Wildman–Crippen LogP) is 0.272. The molecule has 80 valence electrons. The summed E-state index contributed by atoms with van der Waals surface area (Å²) in [5.41, 5.74) is 0. The fourth-order valence-corrected chi connectivity index (χ4v) is 2.00. The summed E-state index contributed by atoms with van der Waals surface area (Å²) in [7, 11) is 2.20. The molecular formula is C11H20N2O. The lowest BCUT2D eigenvalue weighted by atomic mass is 10.2. The Balaban J connectivity index is 0.000000461. The van der Waals surface area contributed by atoms with Crippen molar-refractivity contribution < 1.29 is 4.74 Å². The van der Waals surface area contributed by atoms with Gasteiger partial charge in [-0.1, -0.05) is 0 Å². The van der Waals surface area contributed by atoms with Gasteiger partial charge >= 0.3 is 0 Å². The van der Waals surface area contributed by atoms with Crippen LogP contribution in [0.1, 0.15) is 6.42 Å². The predicted molar refractivity (Wildman–Crippen MR) is 58.2 cm³/mol. The zero-order valence-electron chi connectivity index (χ0n) is 8.98. The molecule has 0 amide bonds. The zero-order chi connectivity index (χ0) is 10.4. The average Bonchev–Trinajstić information content (AvgIpc) is 2.75. The molecule has 3 heteroatoms. The fourth-order valence-electron chi connectivity index (χ4n) is 2.00. The maximum atomic E-state index is 5.38. The Morgan fingerprint density at radius 3 is 2.29 bits per heavy atom. The van der Waals surface area contributed by atoms with Crippen LogP contribution in [0.15, 0.2) is 0 Å².